The van der Waals surface area contributed by atoms with Crippen molar-refractivity contribution in [3.63, 3.8) is 0 Å². The zero-order chi connectivity index (χ0) is 24.3. The number of ether oxygens (including phenoxy) is 1. The number of rotatable bonds is 11. The van der Waals surface area contributed by atoms with Gasteiger partial charge in [0.2, 0.25) is 5.91 Å². The number of carbonyl (C=O) groups is 2. The molecule has 1 aromatic heterocycles. The number of para-hydroxylation sites is 2. The van der Waals surface area contributed by atoms with E-state index in [2.05, 4.69) is 18.0 Å². The molecule has 1 heterocycles. The first kappa shape index (κ1) is 25.1. The second-order valence-corrected chi connectivity index (χ2v) is 9.15. The number of hydrogen-bond acceptors (Lipinski definition) is 4. The van der Waals surface area contributed by atoms with Gasteiger partial charge in [-0.15, -0.1) is 17.9 Å². The Hall–Kier alpha value is -3.58. The minimum atomic E-state index is -0.382. The van der Waals surface area contributed by atoms with E-state index in [9.17, 15) is 9.59 Å². The number of thiophene rings is 1. The van der Waals surface area contributed by atoms with Crippen LogP contribution in [-0.4, -0.2) is 41.4 Å². The minimum Gasteiger partial charge on any atom is -0.492 e. The van der Waals surface area contributed by atoms with E-state index >= 15 is 0 Å². The van der Waals surface area contributed by atoms with Gasteiger partial charge in [-0.25, -0.2) is 4.79 Å². The molecular formula is C27H31N3O3S. The summed E-state index contributed by atoms with van der Waals surface area (Å²) in [4.78, 5) is 32.0. The number of aryl methyl sites for hydroxylation is 1. The van der Waals surface area contributed by atoms with E-state index in [1.807, 2.05) is 62.4 Å². The molecule has 34 heavy (non-hydrogen) atoms. The molecule has 0 bridgehead atoms. The van der Waals surface area contributed by atoms with Crippen molar-refractivity contribution in [2.75, 3.05) is 25.0 Å². The van der Waals surface area contributed by atoms with E-state index in [-0.39, 0.29) is 25.0 Å². The summed E-state index contributed by atoms with van der Waals surface area (Å²) in [6.07, 6.45) is 1.62. The molecule has 3 aromatic rings. The number of benzene rings is 2. The second-order valence-electron chi connectivity index (χ2n) is 7.78. The third kappa shape index (κ3) is 7.22. The third-order valence-electron chi connectivity index (χ3n) is 5.10. The topological polar surface area (TPSA) is 61.9 Å². The molecular weight excluding hydrogens is 446 g/mol. The molecule has 0 aliphatic carbocycles. The number of carbonyl (C=O) groups excluding carboxylic acids is 2. The molecule has 2 aromatic carbocycles. The van der Waals surface area contributed by atoms with Crippen molar-refractivity contribution in [1.29, 1.82) is 0 Å². The monoisotopic (exact) mass is 477 g/mol. The zero-order valence-electron chi connectivity index (χ0n) is 19.7. The van der Waals surface area contributed by atoms with Crippen molar-refractivity contribution in [1.82, 2.24) is 9.80 Å². The van der Waals surface area contributed by atoms with Crippen LogP contribution in [0, 0.1) is 6.92 Å². The van der Waals surface area contributed by atoms with E-state index < -0.39 is 0 Å². The first-order valence-electron chi connectivity index (χ1n) is 11.3. The fourth-order valence-electron chi connectivity index (χ4n) is 3.48. The second kappa shape index (κ2) is 12.6. The Bertz CT molecular complexity index is 1100. The lowest BCUT2D eigenvalue weighted by Crippen LogP contribution is -2.44. The van der Waals surface area contributed by atoms with Gasteiger partial charge in [-0.2, -0.15) is 0 Å². The van der Waals surface area contributed by atoms with Gasteiger partial charge in [0, 0.05) is 22.8 Å². The predicted octanol–water partition coefficient (Wildman–Crippen LogP) is 5.70. The molecule has 0 radical (unpaired) electrons. The van der Waals surface area contributed by atoms with Gasteiger partial charge in [-0.05, 0) is 43.7 Å². The lowest BCUT2D eigenvalue weighted by molar-refractivity contribution is -0.132. The van der Waals surface area contributed by atoms with E-state index in [1.54, 1.807) is 34.4 Å². The highest BCUT2D eigenvalue weighted by molar-refractivity contribution is 7.11. The van der Waals surface area contributed by atoms with Crippen LogP contribution in [0.4, 0.5) is 10.5 Å². The molecule has 0 fully saturated rings. The first-order valence-corrected chi connectivity index (χ1v) is 12.1. The Labute approximate surface area is 205 Å². The standard InChI is InChI=1S/C27H31N3O3S/c1-4-17-29(27(32)28-24-13-9-10-14-25(24)33-5-2)20-26(31)30(18-22-11-7-6-8-12-22)19-23-16-15-21(3)34-23/h4,6-16H,1,5,17-20H2,2-3H3,(H,28,32). The van der Waals surface area contributed by atoms with Gasteiger partial charge in [-0.3, -0.25) is 4.79 Å². The SMILES string of the molecule is C=CCN(CC(=O)N(Cc1ccccc1)Cc1ccc(C)s1)C(=O)Nc1ccccc1OCC. The molecule has 0 aliphatic rings. The molecule has 178 valence electrons. The van der Waals surface area contributed by atoms with Crippen molar-refractivity contribution >= 4 is 29.0 Å². The number of anilines is 1. The van der Waals surface area contributed by atoms with Crippen LogP contribution in [0.25, 0.3) is 0 Å². The maximum Gasteiger partial charge on any atom is 0.322 e. The molecule has 0 unspecified atom stereocenters. The number of nitrogens with zero attached hydrogens (tertiary/aromatic N) is 2. The Morgan fingerprint density at radius 2 is 1.74 bits per heavy atom. The van der Waals surface area contributed by atoms with Gasteiger partial charge in [0.1, 0.15) is 12.3 Å². The Balaban J connectivity index is 1.75. The van der Waals surface area contributed by atoms with Gasteiger partial charge in [0.05, 0.1) is 18.8 Å². The molecule has 0 atom stereocenters. The highest BCUT2D eigenvalue weighted by atomic mass is 32.1. The number of nitrogens with one attached hydrogen (secondary N) is 1. The van der Waals surface area contributed by atoms with Crippen molar-refractivity contribution in [3.05, 3.63) is 94.7 Å². The Morgan fingerprint density at radius 1 is 1.00 bits per heavy atom. The highest BCUT2D eigenvalue weighted by Gasteiger charge is 2.22. The van der Waals surface area contributed by atoms with E-state index in [4.69, 9.17) is 4.74 Å². The van der Waals surface area contributed by atoms with Gasteiger partial charge < -0.3 is 19.9 Å². The lowest BCUT2D eigenvalue weighted by atomic mass is 10.2. The van der Waals surface area contributed by atoms with Crippen molar-refractivity contribution in [3.8, 4) is 5.75 Å². The van der Waals surface area contributed by atoms with Crippen LogP contribution < -0.4 is 10.1 Å². The van der Waals surface area contributed by atoms with Crippen LogP contribution in [0.3, 0.4) is 0 Å². The summed E-state index contributed by atoms with van der Waals surface area (Å²) in [6, 6.07) is 20.8. The van der Waals surface area contributed by atoms with Crippen LogP contribution in [0.5, 0.6) is 5.75 Å². The van der Waals surface area contributed by atoms with Crippen LogP contribution in [0.15, 0.2) is 79.4 Å². The van der Waals surface area contributed by atoms with Gasteiger partial charge in [0.25, 0.3) is 0 Å². The molecule has 0 saturated heterocycles. The summed E-state index contributed by atoms with van der Waals surface area (Å²) in [5, 5.41) is 2.87. The Morgan fingerprint density at radius 3 is 2.41 bits per heavy atom. The first-order chi connectivity index (χ1) is 16.5. The van der Waals surface area contributed by atoms with Gasteiger partial charge >= 0.3 is 6.03 Å². The molecule has 6 nitrogen and oxygen atoms in total. The number of amides is 3. The summed E-state index contributed by atoms with van der Waals surface area (Å²) in [5.41, 5.74) is 1.60. The average molecular weight is 478 g/mol. The quantitative estimate of drug-likeness (QED) is 0.360. The molecule has 1 N–H and O–H groups in total. The summed E-state index contributed by atoms with van der Waals surface area (Å²) in [5.74, 6) is 0.451. The van der Waals surface area contributed by atoms with Crippen LogP contribution in [0.1, 0.15) is 22.2 Å². The molecule has 0 aliphatic heterocycles. The molecule has 3 rings (SSSR count). The largest absolute Gasteiger partial charge is 0.492 e. The van der Waals surface area contributed by atoms with Crippen LogP contribution in [-0.2, 0) is 17.9 Å². The lowest BCUT2D eigenvalue weighted by Gasteiger charge is -2.27. The van der Waals surface area contributed by atoms with E-state index in [1.165, 1.54) is 9.78 Å². The third-order valence-corrected chi connectivity index (χ3v) is 6.09. The fourth-order valence-corrected chi connectivity index (χ4v) is 4.38. The maximum atomic E-state index is 13.4. The fraction of sp³-hybridized carbons (Fsp3) is 0.259. The van der Waals surface area contributed by atoms with Crippen LogP contribution >= 0.6 is 11.3 Å². The van der Waals surface area contributed by atoms with Crippen molar-refractivity contribution in [2.24, 2.45) is 0 Å². The van der Waals surface area contributed by atoms with Crippen molar-refractivity contribution in [2.45, 2.75) is 26.9 Å². The highest BCUT2D eigenvalue weighted by Crippen LogP contribution is 2.24. The van der Waals surface area contributed by atoms with Crippen LogP contribution in [0.2, 0.25) is 0 Å². The average Bonchev–Trinajstić information content (AvgIpc) is 3.25. The van der Waals surface area contributed by atoms with Gasteiger partial charge in [0.15, 0.2) is 0 Å². The molecule has 0 saturated carbocycles. The summed E-state index contributed by atoms with van der Waals surface area (Å²) < 4.78 is 5.60. The normalized spacial score (nSPS) is 10.4. The van der Waals surface area contributed by atoms with Crippen molar-refractivity contribution < 1.29 is 14.3 Å². The molecule has 0 spiro atoms. The minimum absolute atomic E-state index is 0.0636. The molecule has 3 amide bonds. The number of hydrogen-bond donors (Lipinski definition) is 1. The summed E-state index contributed by atoms with van der Waals surface area (Å²) >= 11 is 1.67. The number of urea groups is 1. The molecule has 7 heteroatoms. The van der Waals surface area contributed by atoms with E-state index in [0.717, 1.165) is 10.4 Å². The van der Waals surface area contributed by atoms with E-state index in [0.29, 0.717) is 31.1 Å². The summed E-state index contributed by atoms with van der Waals surface area (Å²) in [7, 11) is 0. The Kier molecular flexibility index (Phi) is 9.29. The zero-order valence-corrected chi connectivity index (χ0v) is 20.5. The van der Waals surface area contributed by atoms with Gasteiger partial charge in [-0.1, -0.05) is 48.5 Å². The summed E-state index contributed by atoms with van der Waals surface area (Å²) in [6.45, 7) is 9.31. The smallest absolute Gasteiger partial charge is 0.322 e. The maximum absolute atomic E-state index is 13.4. The predicted molar refractivity (Wildman–Crippen MR) is 138 cm³/mol.